The van der Waals surface area contributed by atoms with Crippen LogP contribution in [-0.2, 0) is 9.59 Å². The van der Waals surface area contributed by atoms with Crippen LogP contribution in [0.15, 0.2) is 60.2 Å². The number of hydrogen-bond acceptors (Lipinski definition) is 6. The van der Waals surface area contributed by atoms with Crippen molar-refractivity contribution in [3.8, 4) is 17.0 Å². The third kappa shape index (κ3) is 4.87. The second-order valence-corrected chi connectivity index (χ2v) is 7.83. The molecule has 156 valence electrons. The van der Waals surface area contributed by atoms with Crippen LogP contribution in [0.2, 0.25) is 0 Å². The topological polar surface area (TPSA) is 93.2 Å². The van der Waals surface area contributed by atoms with Crippen molar-refractivity contribution in [3.05, 3.63) is 65.8 Å². The minimum atomic E-state index is -0.334. The largest absolute Gasteiger partial charge is 0.467 e. The molecule has 0 saturated carbocycles. The summed E-state index contributed by atoms with van der Waals surface area (Å²) in [6.45, 7) is 3.26. The molecule has 0 bridgehead atoms. The summed E-state index contributed by atoms with van der Waals surface area (Å²) < 4.78 is 5.77. The monoisotopic (exact) mass is 432 g/mol. The van der Waals surface area contributed by atoms with Crippen molar-refractivity contribution in [3.63, 3.8) is 0 Å². The van der Waals surface area contributed by atoms with Gasteiger partial charge in [-0.25, -0.2) is 9.97 Å². The first-order chi connectivity index (χ1) is 15.0. The minimum Gasteiger partial charge on any atom is -0.467 e. The van der Waals surface area contributed by atoms with E-state index < -0.39 is 0 Å². The van der Waals surface area contributed by atoms with Crippen molar-refractivity contribution < 1.29 is 14.3 Å². The fraction of sp³-hybridized carbons (Fsp3) is 0.130. The fourth-order valence-corrected chi connectivity index (χ4v) is 4.02. The zero-order chi connectivity index (χ0) is 21.8. The molecule has 0 fully saturated rings. The lowest BCUT2D eigenvalue weighted by Gasteiger charge is -2.10. The van der Waals surface area contributed by atoms with E-state index in [0.29, 0.717) is 17.3 Å². The lowest BCUT2D eigenvalue weighted by molar-refractivity contribution is -0.118. The summed E-state index contributed by atoms with van der Waals surface area (Å²) >= 11 is 1.50. The van der Waals surface area contributed by atoms with Gasteiger partial charge >= 0.3 is 0 Å². The van der Waals surface area contributed by atoms with Gasteiger partial charge in [-0.1, -0.05) is 35.9 Å². The molecule has 2 amide bonds. The molecule has 2 aromatic carbocycles. The van der Waals surface area contributed by atoms with E-state index in [1.165, 1.54) is 30.2 Å². The minimum absolute atomic E-state index is 0.181. The second kappa shape index (κ2) is 8.93. The third-order valence-corrected chi connectivity index (χ3v) is 5.39. The summed E-state index contributed by atoms with van der Waals surface area (Å²) in [5, 5.41) is 8.25. The Morgan fingerprint density at radius 1 is 1.03 bits per heavy atom. The van der Waals surface area contributed by atoms with Crippen molar-refractivity contribution in [2.24, 2.45) is 0 Å². The van der Waals surface area contributed by atoms with Gasteiger partial charge in [0.1, 0.15) is 11.2 Å². The van der Waals surface area contributed by atoms with Crippen molar-refractivity contribution in [1.29, 1.82) is 0 Å². The molecule has 0 aliphatic heterocycles. The Balaban J connectivity index is 1.50. The zero-order valence-electron chi connectivity index (χ0n) is 17.0. The Morgan fingerprint density at radius 2 is 1.77 bits per heavy atom. The number of fused-ring (bicyclic) bond motifs is 1. The summed E-state index contributed by atoms with van der Waals surface area (Å²) in [6, 6.07) is 15.1. The number of ether oxygens (including phenoxy) is 1. The van der Waals surface area contributed by atoms with Crippen molar-refractivity contribution in [2.45, 2.75) is 13.8 Å². The van der Waals surface area contributed by atoms with E-state index >= 15 is 0 Å². The fourth-order valence-electron chi connectivity index (χ4n) is 3.11. The van der Waals surface area contributed by atoms with Gasteiger partial charge < -0.3 is 15.4 Å². The summed E-state index contributed by atoms with van der Waals surface area (Å²) in [7, 11) is 0. The molecule has 0 radical (unpaired) electrons. The van der Waals surface area contributed by atoms with E-state index in [0.717, 1.165) is 21.3 Å². The summed E-state index contributed by atoms with van der Waals surface area (Å²) in [5.41, 5.74) is 4.35. The number of nitrogens with zero attached hydrogens (tertiary/aromatic N) is 2. The highest BCUT2D eigenvalue weighted by molar-refractivity contribution is 7.17. The molecular formula is C23H20N4O3S. The Kier molecular flexibility index (Phi) is 5.90. The van der Waals surface area contributed by atoms with E-state index in [1.54, 1.807) is 24.3 Å². The van der Waals surface area contributed by atoms with Crippen LogP contribution in [-0.4, -0.2) is 28.4 Å². The maximum Gasteiger partial charge on any atom is 0.262 e. The van der Waals surface area contributed by atoms with Crippen LogP contribution in [0, 0.1) is 6.92 Å². The normalized spacial score (nSPS) is 10.6. The van der Waals surface area contributed by atoms with Gasteiger partial charge in [-0.2, -0.15) is 0 Å². The summed E-state index contributed by atoms with van der Waals surface area (Å²) in [6.07, 6.45) is 1.43. The number of hydrogen-bond donors (Lipinski definition) is 2. The molecule has 0 aliphatic carbocycles. The standard InChI is InChI=1S/C23H20N4O3S/c1-14-6-8-16(9-7-14)19-12-31-23-21(19)22(24-13-25-23)30-11-20(29)27-18-5-3-4-17(10-18)26-15(2)28/h3-10,12-13H,11H2,1-2H3,(H,26,28)(H,27,29). The van der Waals surface area contributed by atoms with E-state index in [9.17, 15) is 9.59 Å². The number of aryl methyl sites for hydroxylation is 1. The predicted octanol–water partition coefficient (Wildman–Crippen LogP) is 4.64. The van der Waals surface area contributed by atoms with Gasteiger partial charge in [0.2, 0.25) is 11.8 Å². The first kappa shape index (κ1) is 20.5. The number of rotatable bonds is 6. The molecule has 2 N–H and O–H groups in total. The number of carbonyl (C=O) groups is 2. The van der Waals surface area contributed by atoms with Gasteiger partial charge in [0.25, 0.3) is 5.91 Å². The van der Waals surface area contributed by atoms with Crippen molar-refractivity contribution in [1.82, 2.24) is 9.97 Å². The lowest BCUT2D eigenvalue weighted by Crippen LogP contribution is -2.20. The molecule has 8 heteroatoms. The highest BCUT2D eigenvalue weighted by Gasteiger charge is 2.15. The number of thiophene rings is 1. The van der Waals surface area contributed by atoms with Gasteiger partial charge in [0, 0.05) is 29.2 Å². The van der Waals surface area contributed by atoms with Crippen LogP contribution < -0.4 is 15.4 Å². The van der Waals surface area contributed by atoms with Gasteiger partial charge in [-0.05, 0) is 30.7 Å². The number of nitrogens with one attached hydrogen (secondary N) is 2. The molecule has 7 nitrogen and oxygen atoms in total. The van der Waals surface area contributed by atoms with E-state index in [4.69, 9.17) is 4.74 Å². The average Bonchev–Trinajstić information content (AvgIpc) is 3.17. The number of anilines is 2. The lowest BCUT2D eigenvalue weighted by atomic mass is 10.0. The zero-order valence-corrected chi connectivity index (χ0v) is 17.8. The molecule has 0 aliphatic rings. The maximum atomic E-state index is 12.4. The molecular weight excluding hydrogens is 412 g/mol. The van der Waals surface area contributed by atoms with Crippen LogP contribution in [0.25, 0.3) is 21.3 Å². The second-order valence-electron chi connectivity index (χ2n) is 6.97. The van der Waals surface area contributed by atoms with Crippen LogP contribution in [0.4, 0.5) is 11.4 Å². The molecule has 2 heterocycles. The highest BCUT2D eigenvalue weighted by atomic mass is 32.1. The van der Waals surface area contributed by atoms with Crippen LogP contribution in [0.5, 0.6) is 5.88 Å². The number of aromatic nitrogens is 2. The van der Waals surface area contributed by atoms with Gasteiger partial charge in [0.15, 0.2) is 6.61 Å². The average molecular weight is 433 g/mol. The molecule has 31 heavy (non-hydrogen) atoms. The van der Waals surface area contributed by atoms with Gasteiger partial charge in [0.05, 0.1) is 5.39 Å². The molecule has 2 aromatic heterocycles. The Hall–Kier alpha value is -3.78. The summed E-state index contributed by atoms with van der Waals surface area (Å²) in [4.78, 5) is 33.0. The molecule has 4 rings (SSSR count). The molecule has 0 unspecified atom stereocenters. The number of benzene rings is 2. The quantitative estimate of drug-likeness (QED) is 0.463. The van der Waals surface area contributed by atoms with E-state index in [1.807, 2.05) is 36.6 Å². The smallest absolute Gasteiger partial charge is 0.262 e. The Bertz CT molecular complexity index is 1250. The Morgan fingerprint density at radius 3 is 2.52 bits per heavy atom. The van der Waals surface area contributed by atoms with Crippen molar-refractivity contribution in [2.75, 3.05) is 17.2 Å². The molecule has 0 atom stereocenters. The van der Waals surface area contributed by atoms with Crippen LogP contribution in [0.1, 0.15) is 12.5 Å². The highest BCUT2D eigenvalue weighted by Crippen LogP contribution is 2.37. The SMILES string of the molecule is CC(=O)Nc1cccc(NC(=O)COc2ncnc3scc(-c4ccc(C)cc4)c23)c1. The molecule has 4 aromatic rings. The van der Waals surface area contributed by atoms with E-state index in [-0.39, 0.29) is 18.4 Å². The molecule has 0 saturated heterocycles. The Labute approximate surface area is 183 Å². The summed E-state index contributed by atoms with van der Waals surface area (Å²) in [5.74, 6) is -0.150. The van der Waals surface area contributed by atoms with Crippen LogP contribution in [0.3, 0.4) is 0 Å². The van der Waals surface area contributed by atoms with Gasteiger partial charge in [-0.3, -0.25) is 9.59 Å². The van der Waals surface area contributed by atoms with Crippen molar-refractivity contribution >= 4 is 44.7 Å². The third-order valence-electron chi connectivity index (χ3n) is 4.50. The molecule has 0 spiro atoms. The van der Waals surface area contributed by atoms with Gasteiger partial charge in [-0.15, -0.1) is 11.3 Å². The first-order valence-electron chi connectivity index (χ1n) is 9.59. The maximum absolute atomic E-state index is 12.4. The number of amides is 2. The van der Waals surface area contributed by atoms with E-state index in [2.05, 4.69) is 20.6 Å². The van der Waals surface area contributed by atoms with Crippen LogP contribution >= 0.6 is 11.3 Å². The number of carbonyl (C=O) groups excluding carboxylic acids is 2. The predicted molar refractivity (Wildman–Crippen MR) is 122 cm³/mol. The first-order valence-corrected chi connectivity index (χ1v) is 10.5.